The molecular weight excluding hydrogens is 284 g/mol. The summed E-state index contributed by atoms with van der Waals surface area (Å²) in [5.41, 5.74) is 5.55. The van der Waals surface area contributed by atoms with E-state index in [-0.39, 0.29) is 0 Å². The van der Waals surface area contributed by atoms with Gasteiger partial charge in [0, 0.05) is 4.83 Å². The number of alkyl halides is 1. The van der Waals surface area contributed by atoms with Gasteiger partial charge in [-0.15, -0.1) is 0 Å². The molecule has 0 N–H and O–H groups in total. The third-order valence-electron chi connectivity index (χ3n) is 3.42. The van der Waals surface area contributed by atoms with Gasteiger partial charge in [0.25, 0.3) is 0 Å². The lowest BCUT2D eigenvalue weighted by molar-refractivity contribution is 0.812. The van der Waals surface area contributed by atoms with Crippen LogP contribution in [0.15, 0.2) is 48.5 Å². The Labute approximate surface area is 118 Å². The summed E-state index contributed by atoms with van der Waals surface area (Å²) >= 11 is 3.78. The summed E-state index contributed by atoms with van der Waals surface area (Å²) < 4.78 is 0. The summed E-state index contributed by atoms with van der Waals surface area (Å²) in [6.45, 7) is 4.35. The fourth-order valence-corrected chi connectivity index (χ4v) is 2.62. The van der Waals surface area contributed by atoms with Crippen LogP contribution in [-0.2, 0) is 6.42 Å². The van der Waals surface area contributed by atoms with Crippen LogP contribution in [0.2, 0.25) is 0 Å². The van der Waals surface area contributed by atoms with Crippen molar-refractivity contribution in [3.05, 3.63) is 70.8 Å². The minimum Gasteiger partial charge on any atom is -0.0839 e. The first-order valence-corrected chi connectivity index (χ1v) is 7.33. The van der Waals surface area contributed by atoms with E-state index in [1.165, 1.54) is 22.3 Å². The maximum Gasteiger partial charge on any atom is 0.0398 e. The number of benzene rings is 2. The molecule has 0 heterocycles. The monoisotopic (exact) mass is 302 g/mol. The molecule has 1 unspecified atom stereocenters. The van der Waals surface area contributed by atoms with Crippen LogP contribution in [-0.4, -0.2) is 0 Å². The number of hydrogen-bond donors (Lipinski definition) is 0. The molecule has 1 heteroatoms. The van der Waals surface area contributed by atoms with Crippen molar-refractivity contribution < 1.29 is 0 Å². The number of halogens is 1. The second-order valence-electron chi connectivity index (χ2n) is 4.84. The van der Waals surface area contributed by atoms with E-state index >= 15 is 0 Å². The smallest absolute Gasteiger partial charge is 0.0398 e. The van der Waals surface area contributed by atoms with Crippen molar-refractivity contribution in [2.24, 2.45) is 0 Å². The van der Waals surface area contributed by atoms with E-state index in [1.807, 2.05) is 0 Å². The molecule has 94 valence electrons. The average molecular weight is 303 g/mol. The summed E-state index contributed by atoms with van der Waals surface area (Å²) in [6.07, 6.45) is 2.25. The fourth-order valence-electron chi connectivity index (χ4n) is 2.08. The highest BCUT2D eigenvalue weighted by Crippen LogP contribution is 2.27. The van der Waals surface area contributed by atoms with Crippen LogP contribution in [0.4, 0.5) is 0 Å². The first kappa shape index (κ1) is 13.4. The Kier molecular flexibility index (Phi) is 4.60. The van der Waals surface area contributed by atoms with Crippen LogP contribution in [0.5, 0.6) is 0 Å². The van der Waals surface area contributed by atoms with Gasteiger partial charge in [-0.05, 0) is 48.9 Å². The van der Waals surface area contributed by atoms with Gasteiger partial charge in [-0.1, -0.05) is 64.5 Å². The van der Waals surface area contributed by atoms with Gasteiger partial charge in [0.2, 0.25) is 0 Å². The molecule has 0 radical (unpaired) electrons. The number of aryl methyl sites for hydroxylation is 3. The Morgan fingerprint density at radius 3 is 2.33 bits per heavy atom. The lowest BCUT2D eigenvalue weighted by atomic mass is 10.0. The van der Waals surface area contributed by atoms with E-state index in [4.69, 9.17) is 0 Å². The molecule has 0 spiro atoms. The zero-order valence-corrected chi connectivity index (χ0v) is 12.6. The van der Waals surface area contributed by atoms with Gasteiger partial charge in [0.05, 0.1) is 0 Å². The summed E-state index contributed by atoms with van der Waals surface area (Å²) in [4.78, 5) is 0.445. The maximum atomic E-state index is 3.78. The third-order valence-corrected chi connectivity index (χ3v) is 4.41. The van der Waals surface area contributed by atoms with E-state index in [0.29, 0.717) is 4.83 Å². The van der Waals surface area contributed by atoms with Crippen molar-refractivity contribution in [2.75, 3.05) is 0 Å². The van der Waals surface area contributed by atoms with E-state index < -0.39 is 0 Å². The summed E-state index contributed by atoms with van der Waals surface area (Å²) in [7, 11) is 0. The predicted octanol–water partition coefficient (Wildman–Crippen LogP) is 5.37. The average Bonchev–Trinajstić information content (AvgIpc) is 2.41. The van der Waals surface area contributed by atoms with Crippen LogP contribution >= 0.6 is 15.9 Å². The Balaban J connectivity index is 1.97. The van der Waals surface area contributed by atoms with Crippen molar-refractivity contribution >= 4 is 15.9 Å². The SMILES string of the molecule is Cc1ccc(CCC(Br)c2ccccc2)cc1C. The molecule has 0 fully saturated rings. The van der Waals surface area contributed by atoms with E-state index in [2.05, 4.69) is 78.3 Å². The van der Waals surface area contributed by atoms with Crippen molar-refractivity contribution in [2.45, 2.75) is 31.5 Å². The standard InChI is InChI=1S/C17H19Br/c1-13-8-9-15(12-14(13)2)10-11-17(18)16-6-4-3-5-7-16/h3-9,12,17H,10-11H2,1-2H3. The summed E-state index contributed by atoms with van der Waals surface area (Å²) in [5.74, 6) is 0. The van der Waals surface area contributed by atoms with Crippen molar-refractivity contribution in [1.82, 2.24) is 0 Å². The Morgan fingerprint density at radius 1 is 0.944 bits per heavy atom. The van der Waals surface area contributed by atoms with E-state index in [1.54, 1.807) is 0 Å². The molecule has 2 aromatic rings. The molecule has 18 heavy (non-hydrogen) atoms. The van der Waals surface area contributed by atoms with Gasteiger partial charge in [0.15, 0.2) is 0 Å². The largest absolute Gasteiger partial charge is 0.0839 e. The predicted molar refractivity (Wildman–Crippen MR) is 82.3 cm³/mol. The van der Waals surface area contributed by atoms with Crippen molar-refractivity contribution in [3.63, 3.8) is 0 Å². The van der Waals surface area contributed by atoms with Crippen LogP contribution in [0.25, 0.3) is 0 Å². The lowest BCUT2D eigenvalue weighted by Gasteiger charge is -2.11. The van der Waals surface area contributed by atoms with Gasteiger partial charge < -0.3 is 0 Å². The summed E-state index contributed by atoms with van der Waals surface area (Å²) in [6, 6.07) is 17.4. The Bertz CT molecular complexity index is 502. The second kappa shape index (κ2) is 6.19. The Hall–Kier alpha value is -1.08. The quantitative estimate of drug-likeness (QED) is 0.666. The minimum atomic E-state index is 0.445. The first-order chi connectivity index (χ1) is 8.66. The minimum absolute atomic E-state index is 0.445. The van der Waals surface area contributed by atoms with E-state index in [0.717, 1.165) is 12.8 Å². The molecule has 0 nitrogen and oxygen atoms in total. The topological polar surface area (TPSA) is 0 Å². The van der Waals surface area contributed by atoms with Gasteiger partial charge >= 0.3 is 0 Å². The van der Waals surface area contributed by atoms with Crippen molar-refractivity contribution in [1.29, 1.82) is 0 Å². The Morgan fingerprint density at radius 2 is 1.67 bits per heavy atom. The maximum absolute atomic E-state index is 3.78. The molecular formula is C17H19Br. The van der Waals surface area contributed by atoms with Crippen LogP contribution in [0, 0.1) is 13.8 Å². The van der Waals surface area contributed by atoms with Gasteiger partial charge in [-0.3, -0.25) is 0 Å². The molecule has 0 amide bonds. The van der Waals surface area contributed by atoms with Crippen LogP contribution in [0.3, 0.4) is 0 Å². The van der Waals surface area contributed by atoms with Gasteiger partial charge in [-0.2, -0.15) is 0 Å². The molecule has 1 atom stereocenters. The van der Waals surface area contributed by atoms with Gasteiger partial charge in [0.1, 0.15) is 0 Å². The number of rotatable bonds is 4. The van der Waals surface area contributed by atoms with Gasteiger partial charge in [-0.25, -0.2) is 0 Å². The molecule has 2 aromatic carbocycles. The number of hydrogen-bond acceptors (Lipinski definition) is 0. The second-order valence-corrected chi connectivity index (χ2v) is 5.94. The lowest BCUT2D eigenvalue weighted by Crippen LogP contribution is -1.94. The zero-order valence-electron chi connectivity index (χ0n) is 11.0. The highest BCUT2D eigenvalue weighted by atomic mass is 79.9. The normalized spacial score (nSPS) is 12.4. The highest BCUT2D eigenvalue weighted by Gasteiger charge is 2.07. The fraction of sp³-hybridized carbons (Fsp3) is 0.294. The van der Waals surface area contributed by atoms with E-state index in [9.17, 15) is 0 Å². The zero-order chi connectivity index (χ0) is 13.0. The third kappa shape index (κ3) is 3.46. The van der Waals surface area contributed by atoms with Crippen molar-refractivity contribution in [3.8, 4) is 0 Å². The molecule has 0 bridgehead atoms. The molecule has 0 aromatic heterocycles. The molecule has 0 saturated carbocycles. The summed E-state index contributed by atoms with van der Waals surface area (Å²) in [5, 5.41) is 0. The molecule has 0 aliphatic rings. The van der Waals surface area contributed by atoms with Crippen LogP contribution < -0.4 is 0 Å². The molecule has 2 rings (SSSR count). The highest BCUT2D eigenvalue weighted by molar-refractivity contribution is 9.09. The molecule has 0 aliphatic heterocycles. The van der Waals surface area contributed by atoms with Crippen LogP contribution in [0.1, 0.15) is 33.5 Å². The molecule has 0 aliphatic carbocycles. The first-order valence-electron chi connectivity index (χ1n) is 6.42. The molecule has 0 saturated heterocycles.